The maximum atomic E-state index is 12.3. The number of hydrogen-bond donors (Lipinski definition) is 6. The number of carbonyl (C=O) groups excluding carboxylic acids is 2. The van der Waals surface area contributed by atoms with Gasteiger partial charge in [-0.25, -0.2) is 0 Å². The van der Waals surface area contributed by atoms with Crippen molar-refractivity contribution in [2.24, 2.45) is 5.73 Å². The fraction of sp³-hybridized carbons (Fsp3) is 0.800. The third-order valence-electron chi connectivity index (χ3n) is 4.39. The van der Waals surface area contributed by atoms with Crippen LogP contribution in [0.25, 0.3) is 0 Å². The minimum Gasteiger partial charge on any atom is -0.480 e. The van der Waals surface area contributed by atoms with Crippen molar-refractivity contribution in [3.8, 4) is 0 Å². The van der Waals surface area contributed by atoms with Crippen molar-refractivity contribution in [1.29, 1.82) is 0 Å². The molecular weight excluding hydrogens is 452 g/mol. The first-order valence-electron chi connectivity index (χ1n) is 11.2. The summed E-state index contributed by atoms with van der Waals surface area (Å²) in [5.41, 5.74) is 5.07. The van der Waals surface area contributed by atoms with Gasteiger partial charge in [-0.15, -0.1) is 0 Å². The van der Waals surface area contributed by atoms with Crippen LogP contribution in [0.2, 0.25) is 0 Å². The second-order valence-corrected chi connectivity index (χ2v) is 7.32. The summed E-state index contributed by atoms with van der Waals surface area (Å²) < 4.78 is 10.5. The van der Waals surface area contributed by atoms with Crippen molar-refractivity contribution < 1.29 is 38.9 Å². The number of nitrogens with two attached hydrogens (primary N) is 1. The molecular formula is C20H40N6O8. The molecule has 0 rings (SSSR count). The summed E-state index contributed by atoms with van der Waals surface area (Å²) in [6.07, 6.45) is 0. The van der Waals surface area contributed by atoms with Gasteiger partial charge >= 0.3 is 11.9 Å². The summed E-state index contributed by atoms with van der Waals surface area (Å²) in [5, 5.41) is 26.3. The third kappa shape index (κ3) is 21.5. The van der Waals surface area contributed by atoms with Crippen molar-refractivity contribution in [2.45, 2.75) is 6.92 Å². The topological polar surface area (TPSA) is 196 Å². The minimum atomic E-state index is -0.994. The molecule has 0 aliphatic rings. The van der Waals surface area contributed by atoms with Crippen LogP contribution in [-0.2, 0) is 28.7 Å². The van der Waals surface area contributed by atoms with E-state index in [1.807, 2.05) is 11.8 Å². The summed E-state index contributed by atoms with van der Waals surface area (Å²) in [7, 11) is 0. The Balaban J connectivity index is 4.59. The van der Waals surface area contributed by atoms with Gasteiger partial charge in [-0.05, 0) is 6.92 Å². The van der Waals surface area contributed by atoms with E-state index in [-0.39, 0.29) is 32.1 Å². The summed E-state index contributed by atoms with van der Waals surface area (Å²) in [6.45, 7) is 6.03. The molecule has 0 atom stereocenters. The number of carbonyl (C=O) groups is 4. The molecule has 0 aliphatic carbocycles. The van der Waals surface area contributed by atoms with Crippen LogP contribution in [0.5, 0.6) is 0 Å². The zero-order chi connectivity index (χ0) is 25.6. The lowest BCUT2D eigenvalue weighted by Crippen LogP contribution is -2.46. The van der Waals surface area contributed by atoms with Gasteiger partial charge in [-0.2, -0.15) is 0 Å². The maximum Gasteiger partial charge on any atom is 0.317 e. The lowest BCUT2D eigenvalue weighted by Gasteiger charge is -2.26. The van der Waals surface area contributed by atoms with E-state index in [2.05, 4.69) is 16.0 Å². The number of carboxylic acids is 2. The zero-order valence-corrected chi connectivity index (χ0v) is 19.9. The van der Waals surface area contributed by atoms with E-state index in [9.17, 15) is 19.2 Å². The van der Waals surface area contributed by atoms with E-state index in [4.69, 9.17) is 25.4 Å². The van der Waals surface area contributed by atoms with Gasteiger partial charge < -0.3 is 41.4 Å². The summed E-state index contributed by atoms with van der Waals surface area (Å²) in [5.74, 6) is -2.70. The number of rotatable bonds is 24. The van der Waals surface area contributed by atoms with E-state index in [1.165, 1.54) is 0 Å². The van der Waals surface area contributed by atoms with Gasteiger partial charge in [-0.3, -0.25) is 29.0 Å². The molecule has 34 heavy (non-hydrogen) atoms. The highest BCUT2D eigenvalue weighted by molar-refractivity contribution is 5.78. The summed E-state index contributed by atoms with van der Waals surface area (Å²) in [6, 6.07) is 0. The number of primary amides is 1. The number of amides is 2. The molecule has 0 aliphatic heterocycles. The molecule has 14 nitrogen and oxygen atoms in total. The van der Waals surface area contributed by atoms with Crippen molar-refractivity contribution >= 4 is 23.8 Å². The molecule has 0 heterocycles. The molecule has 2 amide bonds. The van der Waals surface area contributed by atoms with Crippen LogP contribution in [0.3, 0.4) is 0 Å². The zero-order valence-electron chi connectivity index (χ0n) is 19.9. The Kier molecular flexibility index (Phi) is 19.7. The first kappa shape index (κ1) is 31.6. The van der Waals surface area contributed by atoms with Crippen molar-refractivity contribution in [1.82, 2.24) is 25.8 Å². The molecule has 0 aromatic carbocycles. The van der Waals surface area contributed by atoms with E-state index in [1.54, 1.807) is 4.90 Å². The maximum absolute atomic E-state index is 12.3. The Bertz CT molecular complexity index is 595. The highest BCUT2D eigenvalue weighted by Gasteiger charge is 2.15. The molecule has 0 saturated carbocycles. The van der Waals surface area contributed by atoms with Gasteiger partial charge in [0.05, 0.1) is 46.0 Å². The van der Waals surface area contributed by atoms with Gasteiger partial charge in [0.15, 0.2) is 0 Å². The Morgan fingerprint density at radius 3 is 1.91 bits per heavy atom. The van der Waals surface area contributed by atoms with Crippen molar-refractivity contribution in [3.05, 3.63) is 0 Å². The lowest BCUT2D eigenvalue weighted by atomic mass is 10.3. The lowest BCUT2D eigenvalue weighted by molar-refractivity contribution is -0.138. The van der Waals surface area contributed by atoms with Crippen LogP contribution in [0.4, 0.5) is 0 Å². The van der Waals surface area contributed by atoms with Gasteiger partial charge in [-0.1, -0.05) is 0 Å². The van der Waals surface area contributed by atoms with Crippen LogP contribution in [0.1, 0.15) is 6.92 Å². The molecule has 0 bridgehead atoms. The number of nitrogens with zero attached hydrogens (tertiary/aromatic N) is 2. The van der Waals surface area contributed by atoms with Gasteiger partial charge in [0.1, 0.15) is 0 Å². The summed E-state index contributed by atoms with van der Waals surface area (Å²) in [4.78, 5) is 48.5. The molecule has 0 unspecified atom stereocenters. The van der Waals surface area contributed by atoms with E-state index >= 15 is 0 Å². The highest BCUT2D eigenvalue weighted by Crippen LogP contribution is 1.94. The molecule has 0 saturated heterocycles. The predicted octanol–water partition coefficient (Wildman–Crippen LogP) is -3.41. The Morgan fingerprint density at radius 1 is 0.765 bits per heavy atom. The quantitative estimate of drug-likeness (QED) is 0.0732. The van der Waals surface area contributed by atoms with E-state index in [0.717, 1.165) is 0 Å². The largest absolute Gasteiger partial charge is 0.480 e. The normalized spacial score (nSPS) is 11.1. The number of hydrogen-bond acceptors (Lipinski definition) is 10. The molecule has 0 fully saturated rings. The van der Waals surface area contributed by atoms with E-state index in [0.29, 0.717) is 72.2 Å². The van der Waals surface area contributed by atoms with Gasteiger partial charge in [0.2, 0.25) is 11.8 Å². The number of ether oxygens (including phenoxy) is 2. The SMILES string of the molecule is CCOCCOCCNC(=O)CN(CCNCC(=O)O)CCN(CCNCC(N)=O)CC(=O)O. The van der Waals surface area contributed by atoms with E-state index < -0.39 is 17.8 Å². The molecule has 0 aromatic rings. The van der Waals surface area contributed by atoms with Crippen LogP contribution < -0.4 is 21.7 Å². The first-order valence-corrected chi connectivity index (χ1v) is 11.2. The molecule has 0 aromatic heterocycles. The average Bonchev–Trinajstić information content (AvgIpc) is 2.76. The smallest absolute Gasteiger partial charge is 0.317 e. The standard InChI is InChI=1S/C20H40N6O8/c1-2-33-11-12-34-10-5-24-18(28)15-25(6-4-23-14-19(29)30)8-9-26(16-20(31)32)7-3-22-13-17(21)27/h22-23H,2-16H2,1H3,(H2,21,27)(H,24,28)(H,29,30)(H,31,32). The fourth-order valence-electron chi connectivity index (χ4n) is 2.78. The number of aliphatic carboxylic acids is 2. The molecule has 0 spiro atoms. The Morgan fingerprint density at radius 2 is 1.35 bits per heavy atom. The van der Waals surface area contributed by atoms with Gasteiger partial charge in [0.25, 0.3) is 0 Å². The molecule has 198 valence electrons. The highest BCUT2D eigenvalue weighted by atomic mass is 16.5. The van der Waals surface area contributed by atoms with Crippen LogP contribution in [0, 0.1) is 0 Å². The van der Waals surface area contributed by atoms with Gasteiger partial charge in [0, 0.05) is 52.4 Å². The predicted molar refractivity (Wildman–Crippen MR) is 123 cm³/mol. The Hall–Kier alpha value is -2.36. The van der Waals surface area contributed by atoms with Crippen LogP contribution in [0.15, 0.2) is 0 Å². The number of nitrogens with one attached hydrogen (secondary N) is 3. The third-order valence-corrected chi connectivity index (χ3v) is 4.39. The second-order valence-electron chi connectivity index (χ2n) is 7.32. The average molecular weight is 493 g/mol. The van der Waals surface area contributed by atoms with Crippen molar-refractivity contribution in [2.75, 3.05) is 98.4 Å². The van der Waals surface area contributed by atoms with Crippen molar-refractivity contribution in [3.63, 3.8) is 0 Å². The summed E-state index contributed by atoms with van der Waals surface area (Å²) >= 11 is 0. The van der Waals surface area contributed by atoms with Crippen LogP contribution in [-0.4, -0.2) is 142 Å². The molecule has 0 radical (unpaired) electrons. The molecule has 7 N–H and O–H groups in total. The van der Waals surface area contributed by atoms with Crippen LogP contribution >= 0.6 is 0 Å². The monoisotopic (exact) mass is 492 g/mol. The Labute approximate surface area is 200 Å². The number of carboxylic acid groups (broad SMARTS) is 2. The fourth-order valence-corrected chi connectivity index (χ4v) is 2.78. The minimum absolute atomic E-state index is 0.00219. The second kappa shape index (κ2) is 21.2. The first-order chi connectivity index (χ1) is 16.2. The molecule has 14 heteroatoms.